The molecular formula is C13H7FN2O3. The third kappa shape index (κ3) is 1.61. The van der Waals surface area contributed by atoms with Crippen LogP contribution in [0.15, 0.2) is 34.9 Å². The zero-order chi connectivity index (χ0) is 12.8. The van der Waals surface area contributed by atoms with Gasteiger partial charge in [0.25, 0.3) is 0 Å². The molecule has 0 radical (unpaired) electrons. The maximum atomic E-state index is 13.0. The Hall–Kier alpha value is -2.63. The number of benzene rings is 1. The molecule has 1 aliphatic rings. The van der Waals surface area contributed by atoms with E-state index in [1.54, 1.807) is 18.2 Å². The molecule has 2 aromatic heterocycles. The fraction of sp³-hybridized carbons (Fsp3) is 0.0769. The predicted molar refractivity (Wildman–Crippen MR) is 63.3 cm³/mol. The monoisotopic (exact) mass is 258 g/mol. The lowest BCUT2D eigenvalue weighted by molar-refractivity contribution is 0.174. The molecule has 0 saturated heterocycles. The molecule has 3 aromatic rings. The Balaban J connectivity index is 1.85. The summed E-state index contributed by atoms with van der Waals surface area (Å²) in [5.74, 6) is 1.24. The molecule has 0 unspecified atom stereocenters. The molecule has 0 spiro atoms. The summed E-state index contributed by atoms with van der Waals surface area (Å²) in [5.41, 5.74) is 1.41. The minimum absolute atomic E-state index is 0.207. The molecule has 0 N–H and O–H groups in total. The van der Waals surface area contributed by atoms with Crippen LogP contribution in [0.3, 0.4) is 0 Å². The molecule has 1 aliphatic heterocycles. The number of aromatic nitrogens is 2. The number of pyridine rings is 1. The Labute approximate surface area is 106 Å². The first-order valence-corrected chi connectivity index (χ1v) is 5.62. The van der Waals surface area contributed by atoms with Crippen molar-refractivity contribution in [3.63, 3.8) is 0 Å². The highest BCUT2D eigenvalue weighted by atomic mass is 19.1. The standard InChI is InChI=1S/C13H7FN2O3/c14-8-4-9-13(15-5-8)19-12(16-9)7-1-2-10-11(3-7)18-6-17-10/h1-5H,6H2. The smallest absolute Gasteiger partial charge is 0.247 e. The lowest BCUT2D eigenvalue weighted by Gasteiger charge is -1.97. The maximum absolute atomic E-state index is 13.0. The van der Waals surface area contributed by atoms with Gasteiger partial charge in [-0.1, -0.05) is 0 Å². The summed E-state index contributed by atoms with van der Waals surface area (Å²) in [5, 5.41) is 0. The van der Waals surface area contributed by atoms with Crippen LogP contribution in [0, 0.1) is 5.82 Å². The van der Waals surface area contributed by atoms with Crippen molar-refractivity contribution in [2.45, 2.75) is 0 Å². The summed E-state index contributed by atoms with van der Waals surface area (Å²) in [6.45, 7) is 0.207. The number of hydrogen-bond donors (Lipinski definition) is 0. The zero-order valence-corrected chi connectivity index (χ0v) is 9.59. The van der Waals surface area contributed by atoms with Gasteiger partial charge in [-0.2, -0.15) is 0 Å². The van der Waals surface area contributed by atoms with E-state index in [2.05, 4.69) is 9.97 Å². The lowest BCUT2D eigenvalue weighted by atomic mass is 10.2. The number of ether oxygens (including phenoxy) is 2. The van der Waals surface area contributed by atoms with E-state index in [-0.39, 0.29) is 6.79 Å². The number of hydrogen-bond acceptors (Lipinski definition) is 5. The molecule has 5 nitrogen and oxygen atoms in total. The summed E-state index contributed by atoms with van der Waals surface area (Å²) in [6.07, 6.45) is 1.09. The van der Waals surface area contributed by atoms with Crippen LogP contribution in [0.4, 0.5) is 4.39 Å². The maximum Gasteiger partial charge on any atom is 0.247 e. The second-order valence-electron chi connectivity index (χ2n) is 4.06. The van der Waals surface area contributed by atoms with Crippen molar-refractivity contribution in [3.05, 3.63) is 36.3 Å². The SMILES string of the molecule is Fc1cnc2oc(-c3ccc4c(c3)OCO4)nc2c1. The topological polar surface area (TPSA) is 57.4 Å². The third-order valence-electron chi connectivity index (χ3n) is 2.83. The molecule has 4 rings (SSSR count). The van der Waals surface area contributed by atoms with Gasteiger partial charge in [0.05, 0.1) is 6.20 Å². The highest BCUT2D eigenvalue weighted by molar-refractivity contribution is 5.73. The first-order valence-electron chi connectivity index (χ1n) is 5.62. The van der Waals surface area contributed by atoms with Gasteiger partial charge in [0.1, 0.15) is 11.3 Å². The molecule has 0 aliphatic carbocycles. The quantitative estimate of drug-likeness (QED) is 0.671. The average Bonchev–Trinajstić information content (AvgIpc) is 3.02. The molecule has 1 aromatic carbocycles. The van der Waals surface area contributed by atoms with Crippen LogP contribution in [-0.4, -0.2) is 16.8 Å². The van der Waals surface area contributed by atoms with E-state index in [0.717, 1.165) is 11.8 Å². The first-order chi connectivity index (χ1) is 9.29. The Morgan fingerprint density at radius 1 is 1.11 bits per heavy atom. The number of rotatable bonds is 1. The van der Waals surface area contributed by atoms with Crippen LogP contribution in [0.5, 0.6) is 11.5 Å². The molecule has 0 bridgehead atoms. The normalized spacial score (nSPS) is 13.1. The Bertz CT molecular complexity index is 785. The largest absolute Gasteiger partial charge is 0.454 e. The fourth-order valence-corrected chi connectivity index (χ4v) is 1.95. The van der Waals surface area contributed by atoms with Gasteiger partial charge in [0.15, 0.2) is 11.5 Å². The number of fused-ring (bicyclic) bond motifs is 2. The van der Waals surface area contributed by atoms with Gasteiger partial charge in [-0.05, 0) is 18.2 Å². The molecule has 94 valence electrons. The highest BCUT2D eigenvalue weighted by Crippen LogP contribution is 2.36. The number of nitrogens with zero attached hydrogens (tertiary/aromatic N) is 2. The van der Waals surface area contributed by atoms with Crippen LogP contribution >= 0.6 is 0 Å². The van der Waals surface area contributed by atoms with Crippen molar-refractivity contribution in [3.8, 4) is 23.0 Å². The molecule has 0 amide bonds. The van der Waals surface area contributed by atoms with Gasteiger partial charge in [-0.15, -0.1) is 0 Å². The summed E-state index contributed by atoms with van der Waals surface area (Å²) < 4.78 is 29.0. The van der Waals surface area contributed by atoms with Crippen LogP contribution in [0.1, 0.15) is 0 Å². The van der Waals surface area contributed by atoms with E-state index < -0.39 is 5.82 Å². The van der Waals surface area contributed by atoms with E-state index in [4.69, 9.17) is 13.9 Å². The van der Waals surface area contributed by atoms with Crippen LogP contribution in [-0.2, 0) is 0 Å². The van der Waals surface area contributed by atoms with Crippen LogP contribution in [0.25, 0.3) is 22.7 Å². The Morgan fingerprint density at radius 3 is 2.95 bits per heavy atom. The Morgan fingerprint density at radius 2 is 2.00 bits per heavy atom. The Kier molecular flexibility index (Phi) is 2.00. The molecule has 19 heavy (non-hydrogen) atoms. The van der Waals surface area contributed by atoms with E-state index in [0.29, 0.717) is 28.6 Å². The van der Waals surface area contributed by atoms with Gasteiger partial charge < -0.3 is 13.9 Å². The van der Waals surface area contributed by atoms with Gasteiger partial charge in [0.2, 0.25) is 18.4 Å². The van der Waals surface area contributed by atoms with Crippen molar-refractivity contribution in [2.24, 2.45) is 0 Å². The van der Waals surface area contributed by atoms with E-state index in [1.165, 1.54) is 6.07 Å². The van der Waals surface area contributed by atoms with E-state index >= 15 is 0 Å². The summed E-state index contributed by atoms with van der Waals surface area (Å²) >= 11 is 0. The summed E-state index contributed by atoms with van der Waals surface area (Å²) in [4.78, 5) is 8.04. The number of oxazole rings is 1. The minimum atomic E-state index is -0.446. The molecule has 0 atom stereocenters. The number of halogens is 1. The first kappa shape index (κ1) is 10.3. The van der Waals surface area contributed by atoms with Crippen molar-refractivity contribution in [1.29, 1.82) is 0 Å². The molecule has 0 fully saturated rings. The van der Waals surface area contributed by atoms with Gasteiger partial charge in [-0.3, -0.25) is 0 Å². The van der Waals surface area contributed by atoms with Crippen LogP contribution in [0.2, 0.25) is 0 Å². The van der Waals surface area contributed by atoms with Gasteiger partial charge in [0, 0.05) is 11.6 Å². The third-order valence-corrected chi connectivity index (χ3v) is 2.83. The predicted octanol–water partition coefficient (Wildman–Crippen LogP) is 2.76. The molecule has 6 heteroatoms. The van der Waals surface area contributed by atoms with Crippen LogP contribution < -0.4 is 9.47 Å². The van der Waals surface area contributed by atoms with Crippen molar-refractivity contribution in [2.75, 3.05) is 6.79 Å². The van der Waals surface area contributed by atoms with E-state index in [1.807, 2.05) is 0 Å². The summed E-state index contributed by atoms with van der Waals surface area (Å²) in [6, 6.07) is 6.63. The van der Waals surface area contributed by atoms with E-state index in [9.17, 15) is 4.39 Å². The molecule has 0 saturated carbocycles. The van der Waals surface area contributed by atoms with Crippen molar-refractivity contribution >= 4 is 11.2 Å². The highest BCUT2D eigenvalue weighted by Gasteiger charge is 2.16. The molecular weight excluding hydrogens is 251 g/mol. The average molecular weight is 258 g/mol. The fourth-order valence-electron chi connectivity index (χ4n) is 1.95. The minimum Gasteiger partial charge on any atom is -0.454 e. The van der Waals surface area contributed by atoms with Gasteiger partial charge in [-0.25, -0.2) is 14.4 Å². The van der Waals surface area contributed by atoms with Crippen molar-refractivity contribution in [1.82, 2.24) is 9.97 Å². The zero-order valence-electron chi connectivity index (χ0n) is 9.59. The molecule has 3 heterocycles. The van der Waals surface area contributed by atoms with Gasteiger partial charge >= 0.3 is 0 Å². The second-order valence-corrected chi connectivity index (χ2v) is 4.06. The summed E-state index contributed by atoms with van der Waals surface area (Å²) in [7, 11) is 0. The second kappa shape index (κ2) is 3.68. The lowest BCUT2D eigenvalue weighted by Crippen LogP contribution is -1.92. The van der Waals surface area contributed by atoms with Crippen molar-refractivity contribution < 1.29 is 18.3 Å².